The van der Waals surface area contributed by atoms with Gasteiger partial charge in [0.1, 0.15) is 0 Å². The van der Waals surface area contributed by atoms with Crippen molar-refractivity contribution in [3.8, 4) is 0 Å². The summed E-state index contributed by atoms with van der Waals surface area (Å²) in [7, 11) is 0. The van der Waals surface area contributed by atoms with E-state index >= 15 is 0 Å². The summed E-state index contributed by atoms with van der Waals surface area (Å²) in [4.78, 5) is 0. The van der Waals surface area contributed by atoms with E-state index in [1.54, 1.807) is 6.07 Å². The van der Waals surface area contributed by atoms with Gasteiger partial charge in [-0.25, -0.2) is 8.78 Å². The molecule has 1 fully saturated rings. The van der Waals surface area contributed by atoms with Gasteiger partial charge in [-0.3, -0.25) is 0 Å². The third-order valence-electron chi connectivity index (χ3n) is 4.02. The summed E-state index contributed by atoms with van der Waals surface area (Å²) in [6, 6.07) is 4.00. The second-order valence-electron chi connectivity index (χ2n) is 5.34. The maximum atomic E-state index is 13.2. The predicted molar refractivity (Wildman–Crippen MR) is 59.9 cm³/mol. The van der Waals surface area contributed by atoms with Crippen LogP contribution < -0.4 is 5.73 Å². The van der Waals surface area contributed by atoms with Crippen molar-refractivity contribution < 1.29 is 8.78 Å². The standard InChI is InChI=1S/C13H17F2N/c1-12(2)6-3-7-13(12,16)9-4-5-10(14)11(15)8-9/h4-5,8H,3,6-7,16H2,1-2H3. The van der Waals surface area contributed by atoms with Crippen LogP contribution in [0.25, 0.3) is 0 Å². The van der Waals surface area contributed by atoms with Gasteiger partial charge in [-0.15, -0.1) is 0 Å². The molecule has 0 spiro atoms. The van der Waals surface area contributed by atoms with Gasteiger partial charge < -0.3 is 5.73 Å². The van der Waals surface area contributed by atoms with Crippen LogP contribution in [0, 0.1) is 17.0 Å². The molecule has 1 saturated carbocycles. The summed E-state index contributed by atoms with van der Waals surface area (Å²) < 4.78 is 26.1. The van der Waals surface area contributed by atoms with Gasteiger partial charge in [0.05, 0.1) is 0 Å². The molecular weight excluding hydrogens is 208 g/mol. The molecule has 1 unspecified atom stereocenters. The van der Waals surface area contributed by atoms with E-state index in [4.69, 9.17) is 5.73 Å². The highest BCUT2D eigenvalue weighted by atomic mass is 19.2. The molecule has 0 amide bonds. The summed E-state index contributed by atoms with van der Waals surface area (Å²) in [6.45, 7) is 4.17. The molecule has 0 heterocycles. The van der Waals surface area contributed by atoms with E-state index in [1.165, 1.54) is 6.07 Å². The van der Waals surface area contributed by atoms with E-state index in [2.05, 4.69) is 13.8 Å². The zero-order valence-electron chi connectivity index (χ0n) is 9.69. The number of halogens is 2. The lowest BCUT2D eigenvalue weighted by molar-refractivity contribution is 0.209. The Morgan fingerprint density at radius 2 is 1.81 bits per heavy atom. The quantitative estimate of drug-likeness (QED) is 0.779. The van der Waals surface area contributed by atoms with Gasteiger partial charge in [0.2, 0.25) is 0 Å². The first-order valence-corrected chi connectivity index (χ1v) is 5.61. The summed E-state index contributed by atoms with van der Waals surface area (Å²) in [5, 5.41) is 0. The maximum absolute atomic E-state index is 13.2. The molecule has 0 radical (unpaired) electrons. The van der Waals surface area contributed by atoms with Gasteiger partial charge >= 0.3 is 0 Å². The second-order valence-corrected chi connectivity index (χ2v) is 5.34. The third-order valence-corrected chi connectivity index (χ3v) is 4.02. The van der Waals surface area contributed by atoms with Crippen molar-refractivity contribution in [1.82, 2.24) is 0 Å². The molecule has 2 N–H and O–H groups in total. The molecule has 1 aliphatic carbocycles. The fraction of sp³-hybridized carbons (Fsp3) is 0.538. The van der Waals surface area contributed by atoms with Crippen molar-refractivity contribution in [2.24, 2.45) is 11.1 Å². The van der Waals surface area contributed by atoms with Crippen LogP contribution in [0.4, 0.5) is 8.78 Å². The third kappa shape index (κ3) is 1.54. The Hall–Kier alpha value is -0.960. The lowest BCUT2D eigenvalue weighted by Gasteiger charge is -2.38. The van der Waals surface area contributed by atoms with Gasteiger partial charge in [-0.2, -0.15) is 0 Å². The van der Waals surface area contributed by atoms with Crippen molar-refractivity contribution in [3.05, 3.63) is 35.4 Å². The van der Waals surface area contributed by atoms with Crippen LogP contribution in [-0.2, 0) is 5.54 Å². The molecular formula is C13H17F2N. The Labute approximate surface area is 94.7 Å². The normalized spacial score (nSPS) is 28.3. The average molecular weight is 225 g/mol. The average Bonchev–Trinajstić information content (AvgIpc) is 2.47. The number of benzene rings is 1. The van der Waals surface area contributed by atoms with Crippen LogP contribution >= 0.6 is 0 Å². The van der Waals surface area contributed by atoms with E-state index in [-0.39, 0.29) is 5.41 Å². The Kier molecular flexibility index (Phi) is 2.54. The Balaban J connectivity index is 2.47. The second kappa shape index (κ2) is 3.52. The van der Waals surface area contributed by atoms with Crippen LogP contribution in [0.3, 0.4) is 0 Å². The van der Waals surface area contributed by atoms with E-state index in [9.17, 15) is 8.78 Å². The smallest absolute Gasteiger partial charge is 0.159 e. The zero-order valence-corrected chi connectivity index (χ0v) is 9.69. The highest BCUT2D eigenvalue weighted by molar-refractivity contribution is 5.29. The van der Waals surface area contributed by atoms with Gasteiger partial charge in [0.15, 0.2) is 11.6 Å². The molecule has 1 aliphatic rings. The summed E-state index contributed by atoms with van der Waals surface area (Å²) >= 11 is 0. The molecule has 0 aromatic heterocycles. The highest BCUT2D eigenvalue weighted by Crippen LogP contribution is 2.50. The molecule has 0 bridgehead atoms. The van der Waals surface area contributed by atoms with Crippen molar-refractivity contribution >= 4 is 0 Å². The lowest BCUT2D eigenvalue weighted by atomic mass is 9.71. The van der Waals surface area contributed by atoms with Gasteiger partial charge in [-0.05, 0) is 36.0 Å². The number of hydrogen-bond acceptors (Lipinski definition) is 1. The van der Waals surface area contributed by atoms with Gasteiger partial charge in [0, 0.05) is 5.54 Å². The monoisotopic (exact) mass is 225 g/mol. The largest absolute Gasteiger partial charge is 0.321 e. The molecule has 0 aliphatic heterocycles. The van der Waals surface area contributed by atoms with E-state index in [0.717, 1.165) is 25.3 Å². The van der Waals surface area contributed by atoms with E-state index < -0.39 is 17.2 Å². The fourth-order valence-corrected chi connectivity index (χ4v) is 2.68. The lowest BCUT2D eigenvalue weighted by Crippen LogP contribution is -2.45. The minimum absolute atomic E-state index is 0.0722. The van der Waals surface area contributed by atoms with Crippen LogP contribution in [0.5, 0.6) is 0 Å². The number of rotatable bonds is 1. The first-order chi connectivity index (χ1) is 7.37. The summed E-state index contributed by atoms with van der Waals surface area (Å²) in [5.74, 6) is -1.63. The van der Waals surface area contributed by atoms with E-state index in [0.29, 0.717) is 5.56 Å². The molecule has 0 saturated heterocycles. The van der Waals surface area contributed by atoms with Crippen LogP contribution in [0.1, 0.15) is 38.7 Å². The molecule has 1 atom stereocenters. The Morgan fingerprint density at radius 3 is 2.31 bits per heavy atom. The van der Waals surface area contributed by atoms with Crippen molar-refractivity contribution in [2.75, 3.05) is 0 Å². The fourth-order valence-electron chi connectivity index (χ4n) is 2.68. The topological polar surface area (TPSA) is 26.0 Å². The van der Waals surface area contributed by atoms with Gasteiger partial charge in [-0.1, -0.05) is 26.3 Å². The van der Waals surface area contributed by atoms with Crippen molar-refractivity contribution in [1.29, 1.82) is 0 Å². The summed E-state index contributed by atoms with van der Waals surface area (Å²) in [5.41, 5.74) is 6.48. The first kappa shape index (κ1) is 11.5. The van der Waals surface area contributed by atoms with Crippen molar-refractivity contribution in [3.63, 3.8) is 0 Å². The van der Waals surface area contributed by atoms with Gasteiger partial charge in [0.25, 0.3) is 0 Å². The first-order valence-electron chi connectivity index (χ1n) is 5.61. The Morgan fingerprint density at radius 1 is 1.12 bits per heavy atom. The minimum Gasteiger partial charge on any atom is -0.321 e. The molecule has 1 aromatic rings. The predicted octanol–water partition coefficient (Wildman–Crippen LogP) is 3.33. The molecule has 1 aromatic carbocycles. The molecule has 1 nitrogen and oxygen atoms in total. The molecule has 16 heavy (non-hydrogen) atoms. The number of hydrogen-bond donors (Lipinski definition) is 1. The maximum Gasteiger partial charge on any atom is 0.159 e. The minimum atomic E-state index is -0.817. The molecule has 3 heteroatoms. The van der Waals surface area contributed by atoms with Crippen molar-refractivity contribution in [2.45, 2.75) is 38.6 Å². The zero-order chi connectivity index (χ0) is 12.0. The molecule has 88 valence electrons. The van der Waals surface area contributed by atoms with E-state index in [1.807, 2.05) is 0 Å². The Bertz CT molecular complexity index is 414. The summed E-state index contributed by atoms with van der Waals surface area (Å²) in [6.07, 6.45) is 2.87. The molecule has 2 rings (SSSR count). The number of nitrogens with two attached hydrogens (primary N) is 1. The SMILES string of the molecule is CC1(C)CCCC1(N)c1ccc(F)c(F)c1. The highest BCUT2D eigenvalue weighted by Gasteiger charge is 2.47. The van der Waals surface area contributed by atoms with Crippen LogP contribution in [0.2, 0.25) is 0 Å². The van der Waals surface area contributed by atoms with Crippen LogP contribution in [-0.4, -0.2) is 0 Å². The van der Waals surface area contributed by atoms with Crippen LogP contribution in [0.15, 0.2) is 18.2 Å².